The van der Waals surface area contributed by atoms with Crippen LogP contribution in [0.15, 0.2) is 45.8 Å². The highest BCUT2D eigenvalue weighted by Gasteiger charge is 2.31. The van der Waals surface area contributed by atoms with E-state index in [0.717, 1.165) is 30.3 Å². The summed E-state index contributed by atoms with van der Waals surface area (Å²) in [7, 11) is -4.28. The Hall–Kier alpha value is -1.32. The van der Waals surface area contributed by atoms with Crippen LogP contribution in [0.2, 0.25) is 5.02 Å². The molecule has 0 amide bonds. The molecule has 124 valence electrons. The van der Waals surface area contributed by atoms with E-state index < -0.39 is 32.5 Å². The third-order valence-electron chi connectivity index (χ3n) is 2.66. The molecule has 0 saturated carbocycles. The summed E-state index contributed by atoms with van der Waals surface area (Å²) in [6, 6.07) is 5.19. The molecule has 0 aliphatic carbocycles. The molecule has 2 aromatic rings. The van der Waals surface area contributed by atoms with Gasteiger partial charge in [0.05, 0.1) is 16.3 Å². The molecule has 0 unspecified atom stereocenters. The summed E-state index contributed by atoms with van der Waals surface area (Å²) in [6.07, 6.45) is -4.64. The van der Waals surface area contributed by atoms with E-state index >= 15 is 0 Å². The Bertz CT molecular complexity index is 856. The van der Waals surface area contributed by atoms with Gasteiger partial charge in [0.15, 0.2) is 0 Å². The van der Waals surface area contributed by atoms with Crippen LogP contribution in [0.5, 0.6) is 0 Å². The lowest BCUT2D eigenvalue weighted by Gasteiger charge is -2.13. The molecule has 0 heterocycles. The summed E-state index contributed by atoms with van der Waals surface area (Å²) in [5.41, 5.74) is -1.35. The summed E-state index contributed by atoms with van der Waals surface area (Å²) < 4.78 is 77.6. The number of sulfonamides is 1. The molecule has 0 fully saturated rings. The minimum absolute atomic E-state index is 0.0372. The zero-order valence-electron chi connectivity index (χ0n) is 11.0. The molecule has 0 aliphatic rings. The molecule has 1 N–H and O–H groups in total. The average molecular weight is 433 g/mol. The Morgan fingerprint density at radius 2 is 1.74 bits per heavy atom. The first-order valence-corrected chi connectivity index (χ1v) is 8.50. The number of benzene rings is 2. The van der Waals surface area contributed by atoms with E-state index in [1.54, 1.807) is 0 Å². The first-order chi connectivity index (χ1) is 10.5. The molecule has 2 rings (SSSR count). The van der Waals surface area contributed by atoms with Gasteiger partial charge in [0, 0.05) is 4.47 Å². The van der Waals surface area contributed by atoms with Crippen molar-refractivity contribution >= 4 is 43.2 Å². The quantitative estimate of drug-likeness (QED) is 0.689. The lowest BCUT2D eigenvalue weighted by Crippen LogP contribution is -2.14. The van der Waals surface area contributed by atoms with Crippen LogP contribution < -0.4 is 4.72 Å². The molecular weight excluding hydrogens is 426 g/mol. The first kappa shape index (κ1) is 18.0. The Morgan fingerprint density at radius 3 is 2.30 bits per heavy atom. The van der Waals surface area contributed by atoms with E-state index in [2.05, 4.69) is 15.9 Å². The van der Waals surface area contributed by atoms with Gasteiger partial charge in [0.1, 0.15) is 10.7 Å². The smallest absolute Gasteiger partial charge is 0.280 e. The molecule has 10 heteroatoms. The predicted octanol–water partition coefficient (Wildman–Crippen LogP) is 5.06. The third kappa shape index (κ3) is 4.36. The van der Waals surface area contributed by atoms with Crippen LogP contribution in [-0.4, -0.2) is 8.42 Å². The van der Waals surface area contributed by atoms with Crippen molar-refractivity contribution in [3.8, 4) is 0 Å². The van der Waals surface area contributed by atoms with Crippen molar-refractivity contribution in [3.63, 3.8) is 0 Å². The molecule has 0 saturated heterocycles. The second-order valence-electron chi connectivity index (χ2n) is 4.41. The molecule has 0 atom stereocenters. The fraction of sp³-hybridized carbons (Fsp3) is 0.0769. The molecule has 0 aliphatic heterocycles. The van der Waals surface area contributed by atoms with Gasteiger partial charge < -0.3 is 0 Å². The fourth-order valence-electron chi connectivity index (χ4n) is 1.72. The fourth-order valence-corrected chi connectivity index (χ4v) is 3.78. The average Bonchev–Trinajstić information content (AvgIpc) is 2.35. The Morgan fingerprint density at radius 1 is 1.09 bits per heavy atom. The van der Waals surface area contributed by atoms with Gasteiger partial charge in [0.2, 0.25) is 0 Å². The largest absolute Gasteiger partial charge is 0.416 e. The van der Waals surface area contributed by atoms with Crippen molar-refractivity contribution in [2.45, 2.75) is 11.1 Å². The number of hydrogen-bond donors (Lipinski definition) is 1. The number of alkyl halides is 3. The number of nitrogens with one attached hydrogen (secondary N) is 1. The second kappa shape index (κ2) is 6.29. The number of anilines is 1. The summed E-state index contributed by atoms with van der Waals surface area (Å²) >= 11 is 8.55. The maximum absolute atomic E-state index is 13.0. The van der Waals surface area contributed by atoms with Crippen LogP contribution in [0.3, 0.4) is 0 Å². The molecule has 0 aromatic heterocycles. The van der Waals surface area contributed by atoms with E-state index in [4.69, 9.17) is 11.6 Å². The summed E-state index contributed by atoms with van der Waals surface area (Å²) in [4.78, 5) is -0.450. The highest BCUT2D eigenvalue weighted by Crippen LogP contribution is 2.34. The van der Waals surface area contributed by atoms with Crippen LogP contribution in [-0.2, 0) is 16.2 Å². The molecule has 2 aromatic carbocycles. The molecular formula is C13H7BrClF4NO2S. The summed E-state index contributed by atoms with van der Waals surface area (Å²) in [5, 5.41) is -0.386. The monoisotopic (exact) mass is 431 g/mol. The van der Waals surface area contributed by atoms with Gasteiger partial charge >= 0.3 is 6.18 Å². The van der Waals surface area contributed by atoms with Crippen molar-refractivity contribution < 1.29 is 26.0 Å². The SMILES string of the molecule is O=S(=O)(Nc1cc(Br)cc(C(F)(F)F)c1)c1ccc(F)cc1Cl. The van der Waals surface area contributed by atoms with Crippen molar-refractivity contribution in [2.24, 2.45) is 0 Å². The standard InChI is InChI=1S/C13H7BrClF4NO2S/c14-8-3-7(13(17,18)19)4-10(5-8)20-23(21,22)12-2-1-9(16)6-11(12)15/h1-6,20H. The minimum atomic E-state index is -4.64. The first-order valence-electron chi connectivity index (χ1n) is 5.85. The van der Waals surface area contributed by atoms with Crippen molar-refractivity contribution in [1.82, 2.24) is 0 Å². The van der Waals surface area contributed by atoms with Crippen LogP contribution in [0.4, 0.5) is 23.2 Å². The van der Waals surface area contributed by atoms with E-state index in [1.165, 1.54) is 0 Å². The van der Waals surface area contributed by atoms with Gasteiger partial charge in [-0.3, -0.25) is 4.72 Å². The van der Waals surface area contributed by atoms with E-state index in [-0.39, 0.29) is 15.2 Å². The van der Waals surface area contributed by atoms with Gasteiger partial charge in [-0.1, -0.05) is 27.5 Å². The van der Waals surface area contributed by atoms with Crippen molar-refractivity contribution in [1.29, 1.82) is 0 Å². The normalized spacial score (nSPS) is 12.3. The van der Waals surface area contributed by atoms with E-state index in [0.29, 0.717) is 6.07 Å². The number of rotatable bonds is 3. The van der Waals surface area contributed by atoms with E-state index in [9.17, 15) is 26.0 Å². The van der Waals surface area contributed by atoms with Gasteiger partial charge in [-0.25, -0.2) is 12.8 Å². The number of hydrogen-bond acceptors (Lipinski definition) is 2. The van der Waals surface area contributed by atoms with Crippen molar-refractivity contribution in [2.75, 3.05) is 4.72 Å². The molecule has 0 radical (unpaired) electrons. The highest BCUT2D eigenvalue weighted by molar-refractivity contribution is 9.10. The Balaban J connectivity index is 2.43. The maximum atomic E-state index is 13.0. The third-order valence-corrected chi connectivity index (χ3v) is 4.98. The summed E-state index contributed by atoms with van der Waals surface area (Å²) in [5.74, 6) is -0.740. The molecule has 23 heavy (non-hydrogen) atoms. The molecule has 0 bridgehead atoms. The Labute approximate surface area is 142 Å². The van der Waals surface area contributed by atoms with Crippen LogP contribution in [0.25, 0.3) is 0 Å². The maximum Gasteiger partial charge on any atom is 0.416 e. The van der Waals surface area contributed by atoms with Gasteiger partial charge in [0.25, 0.3) is 10.0 Å². The lowest BCUT2D eigenvalue weighted by molar-refractivity contribution is -0.137. The topological polar surface area (TPSA) is 46.2 Å². The highest BCUT2D eigenvalue weighted by atomic mass is 79.9. The van der Waals surface area contributed by atoms with Crippen LogP contribution in [0, 0.1) is 5.82 Å². The van der Waals surface area contributed by atoms with Gasteiger partial charge in [-0.2, -0.15) is 13.2 Å². The minimum Gasteiger partial charge on any atom is -0.280 e. The zero-order chi connectivity index (χ0) is 17.4. The Kier molecular flexibility index (Phi) is 4.93. The molecule has 0 spiro atoms. The van der Waals surface area contributed by atoms with Gasteiger partial charge in [-0.05, 0) is 36.4 Å². The van der Waals surface area contributed by atoms with Gasteiger partial charge in [-0.15, -0.1) is 0 Å². The summed E-state index contributed by atoms with van der Waals surface area (Å²) in [6.45, 7) is 0. The second-order valence-corrected chi connectivity index (χ2v) is 7.38. The zero-order valence-corrected chi connectivity index (χ0v) is 14.1. The molecule has 3 nitrogen and oxygen atoms in total. The van der Waals surface area contributed by atoms with Crippen molar-refractivity contribution in [3.05, 3.63) is 57.3 Å². The van der Waals surface area contributed by atoms with Crippen LogP contribution in [0.1, 0.15) is 5.56 Å². The predicted molar refractivity (Wildman–Crippen MR) is 81.4 cm³/mol. The van der Waals surface area contributed by atoms with Crippen LogP contribution >= 0.6 is 27.5 Å². The lowest BCUT2D eigenvalue weighted by atomic mass is 10.2. The van der Waals surface area contributed by atoms with E-state index in [1.807, 2.05) is 4.72 Å². The number of halogens is 6.